The second-order valence-electron chi connectivity index (χ2n) is 3.70. The summed E-state index contributed by atoms with van der Waals surface area (Å²) in [6.07, 6.45) is 2.41. The fourth-order valence-electron chi connectivity index (χ4n) is 1.33. The predicted octanol–water partition coefficient (Wildman–Crippen LogP) is 2.86. The molecule has 0 aliphatic rings. The first kappa shape index (κ1) is 10.3. The Bertz CT molecular complexity index is 221. The van der Waals surface area contributed by atoms with E-state index in [2.05, 4.69) is 49.5 Å². The van der Waals surface area contributed by atoms with E-state index in [1.165, 1.54) is 18.4 Å². The van der Waals surface area contributed by atoms with Gasteiger partial charge in [-0.05, 0) is 24.9 Å². The fourth-order valence-corrected chi connectivity index (χ4v) is 1.33. The molecular weight excluding hydrogens is 158 g/mol. The summed E-state index contributed by atoms with van der Waals surface area (Å²) in [7, 11) is 0. The number of hydrogen-bond donors (Lipinski definition) is 1. The third-order valence-corrected chi connectivity index (χ3v) is 2.04. The topological polar surface area (TPSA) is 12.0 Å². The summed E-state index contributed by atoms with van der Waals surface area (Å²) in [6, 6.07) is 11.3. The van der Waals surface area contributed by atoms with E-state index in [9.17, 15) is 0 Å². The van der Waals surface area contributed by atoms with Crippen molar-refractivity contribution in [1.29, 1.82) is 0 Å². The van der Waals surface area contributed by atoms with E-state index >= 15 is 0 Å². The molecule has 0 bridgehead atoms. The maximum absolute atomic E-state index is 3.42. The molecule has 13 heavy (non-hydrogen) atoms. The van der Waals surface area contributed by atoms with Crippen LogP contribution in [0.2, 0.25) is 0 Å². The molecular formula is C12H21N. The Balaban J connectivity index is 0.00000169. The summed E-state index contributed by atoms with van der Waals surface area (Å²) in [4.78, 5) is 0. The Morgan fingerprint density at radius 1 is 1.23 bits per heavy atom. The molecule has 0 unspecified atom stereocenters. The lowest BCUT2D eigenvalue weighted by atomic mass is 10.1. The molecule has 0 spiro atoms. The molecule has 0 aromatic heterocycles. The number of rotatable bonds is 5. The van der Waals surface area contributed by atoms with Crippen LogP contribution < -0.4 is 5.32 Å². The van der Waals surface area contributed by atoms with Crippen LogP contribution in [-0.2, 0) is 6.42 Å². The van der Waals surface area contributed by atoms with E-state index in [4.69, 9.17) is 0 Å². The fraction of sp³-hybridized carbons (Fsp3) is 0.500. The zero-order chi connectivity index (χ0) is 9.52. The molecule has 1 nitrogen and oxygen atoms in total. The van der Waals surface area contributed by atoms with Gasteiger partial charge < -0.3 is 5.32 Å². The summed E-state index contributed by atoms with van der Waals surface area (Å²) in [5, 5.41) is 3.42. The Morgan fingerprint density at radius 3 is 2.54 bits per heavy atom. The van der Waals surface area contributed by atoms with Crippen LogP contribution in [0.5, 0.6) is 0 Å². The van der Waals surface area contributed by atoms with Gasteiger partial charge in [0.2, 0.25) is 0 Å². The first-order chi connectivity index (χ1) is 6.29. The molecule has 1 aromatic rings. The molecule has 1 heteroatoms. The van der Waals surface area contributed by atoms with Crippen molar-refractivity contribution in [2.75, 3.05) is 6.54 Å². The maximum Gasteiger partial charge on any atom is 0.00103 e. The van der Waals surface area contributed by atoms with E-state index in [0.29, 0.717) is 6.04 Å². The third kappa shape index (κ3) is 4.69. The smallest absolute Gasteiger partial charge is 0.00103 e. The lowest BCUT2D eigenvalue weighted by Gasteiger charge is -2.07. The largest absolute Gasteiger partial charge is 0.315 e. The van der Waals surface area contributed by atoms with Crippen LogP contribution in [0.3, 0.4) is 0 Å². The molecule has 0 saturated carbocycles. The van der Waals surface area contributed by atoms with Crippen molar-refractivity contribution in [3.05, 3.63) is 35.9 Å². The molecule has 0 aliphatic heterocycles. The van der Waals surface area contributed by atoms with Gasteiger partial charge in [0.1, 0.15) is 0 Å². The highest BCUT2D eigenvalue weighted by Gasteiger charge is 1.93. The van der Waals surface area contributed by atoms with Crippen molar-refractivity contribution in [2.24, 2.45) is 0 Å². The molecule has 1 rings (SSSR count). The average molecular weight is 179 g/mol. The van der Waals surface area contributed by atoms with Gasteiger partial charge in [-0.15, -0.1) is 0 Å². The third-order valence-electron chi connectivity index (χ3n) is 2.04. The van der Waals surface area contributed by atoms with Gasteiger partial charge in [-0.1, -0.05) is 44.2 Å². The average Bonchev–Trinajstić information content (AvgIpc) is 2.14. The molecule has 74 valence electrons. The maximum atomic E-state index is 3.42. The van der Waals surface area contributed by atoms with Gasteiger partial charge >= 0.3 is 0 Å². The van der Waals surface area contributed by atoms with E-state index in [-0.39, 0.29) is 1.43 Å². The van der Waals surface area contributed by atoms with Crippen LogP contribution in [0.15, 0.2) is 30.3 Å². The minimum atomic E-state index is 0. The van der Waals surface area contributed by atoms with E-state index in [1.54, 1.807) is 0 Å². The summed E-state index contributed by atoms with van der Waals surface area (Å²) in [6.45, 7) is 5.48. The summed E-state index contributed by atoms with van der Waals surface area (Å²) in [5.74, 6) is 0. The SMILES string of the molecule is CC(C)NCCCc1ccccc1.[HH]. The molecule has 1 aromatic carbocycles. The minimum absolute atomic E-state index is 0. The van der Waals surface area contributed by atoms with Gasteiger partial charge in [-0.3, -0.25) is 0 Å². The molecule has 1 N–H and O–H groups in total. The highest BCUT2D eigenvalue weighted by Crippen LogP contribution is 2.01. The van der Waals surface area contributed by atoms with E-state index in [1.807, 2.05) is 0 Å². The summed E-state index contributed by atoms with van der Waals surface area (Å²) in [5.41, 5.74) is 1.44. The minimum Gasteiger partial charge on any atom is -0.315 e. The Morgan fingerprint density at radius 2 is 1.92 bits per heavy atom. The van der Waals surface area contributed by atoms with Crippen molar-refractivity contribution in [3.63, 3.8) is 0 Å². The Hall–Kier alpha value is -0.820. The molecule has 0 heterocycles. The first-order valence-electron chi connectivity index (χ1n) is 5.06. The number of nitrogens with one attached hydrogen (secondary N) is 1. The summed E-state index contributed by atoms with van der Waals surface area (Å²) < 4.78 is 0. The van der Waals surface area contributed by atoms with Crippen LogP contribution in [0.1, 0.15) is 27.3 Å². The van der Waals surface area contributed by atoms with Gasteiger partial charge in [0.25, 0.3) is 0 Å². The summed E-state index contributed by atoms with van der Waals surface area (Å²) >= 11 is 0. The van der Waals surface area contributed by atoms with Crippen molar-refractivity contribution in [1.82, 2.24) is 5.32 Å². The van der Waals surface area contributed by atoms with Crippen LogP contribution >= 0.6 is 0 Å². The van der Waals surface area contributed by atoms with Gasteiger partial charge in [-0.2, -0.15) is 0 Å². The van der Waals surface area contributed by atoms with Crippen molar-refractivity contribution in [2.45, 2.75) is 32.7 Å². The quantitative estimate of drug-likeness (QED) is 0.685. The van der Waals surface area contributed by atoms with Crippen molar-refractivity contribution in [3.8, 4) is 0 Å². The van der Waals surface area contributed by atoms with Crippen LogP contribution in [-0.4, -0.2) is 12.6 Å². The number of benzene rings is 1. The molecule has 0 amide bonds. The number of aryl methyl sites for hydroxylation is 1. The molecule has 0 atom stereocenters. The van der Waals surface area contributed by atoms with Crippen molar-refractivity contribution >= 4 is 0 Å². The standard InChI is InChI=1S/C12H19N.H2/c1-11(2)13-10-6-9-12-7-4-3-5-8-12;/h3-5,7-8,11,13H,6,9-10H2,1-2H3;1H. The molecule has 0 radical (unpaired) electrons. The van der Waals surface area contributed by atoms with Gasteiger partial charge in [-0.25, -0.2) is 0 Å². The monoisotopic (exact) mass is 179 g/mol. The Labute approximate surface area is 82.7 Å². The second-order valence-corrected chi connectivity index (χ2v) is 3.70. The van der Waals surface area contributed by atoms with Crippen LogP contribution in [0.25, 0.3) is 0 Å². The highest BCUT2D eigenvalue weighted by molar-refractivity contribution is 5.14. The van der Waals surface area contributed by atoms with Gasteiger partial charge in [0.15, 0.2) is 0 Å². The normalized spacial score (nSPS) is 10.7. The first-order valence-corrected chi connectivity index (χ1v) is 5.06. The van der Waals surface area contributed by atoms with Crippen molar-refractivity contribution < 1.29 is 1.43 Å². The second kappa shape index (κ2) is 5.76. The zero-order valence-electron chi connectivity index (χ0n) is 8.59. The lowest BCUT2D eigenvalue weighted by Crippen LogP contribution is -2.23. The Kier molecular flexibility index (Phi) is 4.55. The number of hydrogen-bond acceptors (Lipinski definition) is 1. The predicted molar refractivity (Wildman–Crippen MR) is 60.0 cm³/mol. The van der Waals surface area contributed by atoms with Gasteiger partial charge in [0, 0.05) is 7.47 Å². The zero-order valence-corrected chi connectivity index (χ0v) is 8.59. The van der Waals surface area contributed by atoms with E-state index in [0.717, 1.165) is 6.54 Å². The molecule has 0 saturated heterocycles. The van der Waals surface area contributed by atoms with Gasteiger partial charge in [0.05, 0.1) is 0 Å². The molecule has 0 aliphatic carbocycles. The van der Waals surface area contributed by atoms with E-state index < -0.39 is 0 Å². The molecule has 0 fully saturated rings. The lowest BCUT2D eigenvalue weighted by molar-refractivity contribution is 0.570. The van der Waals surface area contributed by atoms with Crippen LogP contribution in [0, 0.1) is 0 Å². The highest BCUT2D eigenvalue weighted by atomic mass is 14.9. The van der Waals surface area contributed by atoms with Crippen LogP contribution in [0.4, 0.5) is 0 Å².